The molecule has 0 spiro atoms. The van der Waals surface area contributed by atoms with E-state index in [1.54, 1.807) is 0 Å². The predicted octanol–water partition coefficient (Wildman–Crippen LogP) is 4.56. The number of rotatable bonds is 4. The van der Waals surface area contributed by atoms with Crippen LogP contribution >= 0.6 is 15.9 Å². The Bertz CT molecular complexity index is 479. The molecule has 0 aliphatic rings. The second-order valence-corrected chi connectivity index (χ2v) is 5.24. The van der Waals surface area contributed by atoms with Gasteiger partial charge in [-0.1, -0.05) is 35.3 Å². The van der Waals surface area contributed by atoms with Crippen molar-refractivity contribution in [2.45, 2.75) is 32.7 Å². The van der Waals surface area contributed by atoms with Crippen LogP contribution in [0.4, 0.5) is 0 Å². The average molecular weight is 296 g/mol. The topological polar surface area (TPSA) is 25.2 Å². The molecule has 1 heterocycles. The first-order valence-corrected chi connectivity index (χ1v) is 6.82. The van der Waals surface area contributed by atoms with Gasteiger partial charge in [-0.25, -0.2) is 0 Å². The van der Waals surface area contributed by atoms with Gasteiger partial charge in [0.1, 0.15) is 11.3 Å². The van der Waals surface area contributed by atoms with Gasteiger partial charge in [-0.3, -0.25) is 0 Å². The van der Waals surface area contributed by atoms with Crippen LogP contribution in [0.3, 0.4) is 0 Å². The van der Waals surface area contributed by atoms with Crippen molar-refractivity contribution in [3.8, 4) is 0 Å². The van der Waals surface area contributed by atoms with Crippen molar-refractivity contribution in [2.24, 2.45) is 0 Å². The van der Waals surface area contributed by atoms with E-state index in [1.807, 2.05) is 7.05 Å². The molecule has 0 saturated carbocycles. The second-order valence-electron chi connectivity index (χ2n) is 4.39. The van der Waals surface area contributed by atoms with E-state index in [0.717, 1.165) is 34.0 Å². The fourth-order valence-electron chi connectivity index (χ4n) is 2.13. The predicted molar refractivity (Wildman–Crippen MR) is 75.4 cm³/mol. The van der Waals surface area contributed by atoms with Crippen molar-refractivity contribution in [3.63, 3.8) is 0 Å². The van der Waals surface area contributed by atoms with E-state index in [4.69, 9.17) is 4.42 Å². The van der Waals surface area contributed by atoms with Crippen molar-refractivity contribution in [1.29, 1.82) is 0 Å². The van der Waals surface area contributed by atoms with E-state index in [-0.39, 0.29) is 0 Å². The molecule has 1 N–H and O–H groups in total. The summed E-state index contributed by atoms with van der Waals surface area (Å²) in [6, 6.07) is 6.60. The monoisotopic (exact) mass is 295 g/mol. The molecule has 2 rings (SSSR count). The van der Waals surface area contributed by atoms with Crippen LogP contribution in [0.25, 0.3) is 11.0 Å². The van der Waals surface area contributed by atoms with Gasteiger partial charge in [-0.2, -0.15) is 0 Å². The maximum atomic E-state index is 5.99. The maximum absolute atomic E-state index is 5.99. The van der Waals surface area contributed by atoms with Crippen LogP contribution in [0.1, 0.15) is 37.1 Å². The summed E-state index contributed by atoms with van der Waals surface area (Å²) in [6.45, 7) is 4.27. The Kier molecular flexibility index (Phi) is 3.89. The molecule has 2 nitrogen and oxygen atoms in total. The molecule has 0 aliphatic heterocycles. The average Bonchev–Trinajstić information content (AvgIpc) is 2.77. The van der Waals surface area contributed by atoms with Gasteiger partial charge < -0.3 is 9.73 Å². The standard InChI is InChI=1S/C14H18BrNO/c1-4-5-12(16-3)13-8-10-11(15)7-6-9(2)14(10)17-13/h6-8,12,16H,4-5H2,1-3H3. The molecule has 0 fully saturated rings. The molecule has 0 radical (unpaired) electrons. The number of nitrogens with one attached hydrogen (secondary N) is 1. The molecule has 0 bridgehead atoms. The highest BCUT2D eigenvalue weighted by Crippen LogP contribution is 2.32. The minimum absolute atomic E-state index is 0.304. The Balaban J connectivity index is 2.50. The fourth-order valence-corrected chi connectivity index (χ4v) is 2.56. The molecule has 0 aliphatic carbocycles. The van der Waals surface area contributed by atoms with Crippen molar-refractivity contribution in [3.05, 3.63) is 34.0 Å². The van der Waals surface area contributed by atoms with Crippen LogP contribution in [0, 0.1) is 6.92 Å². The first-order chi connectivity index (χ1) is 8.17. The summed E-state index contributed by atoms with van der Waals surface area (Å²) in [5.74, 6) is 1.03. The number of aryl methyl sites for hydroxylation is 1. The summed E-state index contributed by atoms with van der Waals surface area (Å²) in [4.78, 5) is 0. The van der Waals surface area contributed by atoms with Gasteiger partial charge in [0.15, 0.2) is 0 Å². The third-order valence-corrected chi connectivity index (χ3v) is 3.81. The van der Waals surface area contributed by atoms with E-state index in [0.29, 0.717) is 6.04 Å². The van der Waals surface area contributed by atoms with E-state index in [1.165, 1.54) is 5.56 Å². The SMILES string of the molecule is CCCC(NC)c1cc2c(Br)ccc(C)c2o1. The van der Waals surface area contributed by atoms with Gasteiger partial charge in [-0.15, -0.1) is 0 Å². The molecular weight excluding hydrogens is 278 g/mol. The van der Waals surface area contributed by atoms with Gasteiger partial charge in [0.05, 0.1) is 6.04 Å². The Morgan fingerprint density at radius 3 is 2.76 bits per heavy atom. The lowest BCUT2D eigenvalue weighted by atomic mass is 10.1. The van der Waals surface area contributed by atoms with Crippen LogP contribution in [-0.4, -0.2) is 7.05 Å². The van der Waals surface area contributed by atoms with Gasteiger partial charge in [0.25, 0.3) is 0 Å². The van der Waals surface area contributed by atoms with Crippen molar-refractivity contribution >= 4 is 26.9 Å². The summed E-state index contributed by atoms with van der Waals surface area (Å²) in [7, 11) is 1.98. The zero-order valence-corrected chi connectivity index (χ0v) is 12.1. The van der Waals surface area contributed by atoms with Crippen molar-refractivity contribution in [2.75, 3.05) is 7.05 Å². The minimum atomic E-state index is 0.304. The maximum Gasteiger partial charge on any atom is 0.138 e. The smallest absolute Gasteiger partial charge is 0.138 e. The van der Waals surface area contributed by atoms with Crippen LogP contribution in [0.15, 0.2) is 27.1 Å². The lowest BCUT2D eigenvalue weighted by Gasteiger charge is -2.11. The Morgan fingerprint density at radius 1 is 1.41 bits per heavy atom. The van der Waals surface area contributed by atoms with Crippen molar-refractivity contribution in [1.82, 2.24) is 5.32 Å². The summed E-state index contributed by atoms with van der Waals surface area (Å²) < 4.78 is 7.09. The molecule has 17 heavy (non-hydrogen) atoms. The fraction of sp³-hybridized carbons (Fsp3) is 0.429. The quantitative estimate of drug-likeness (QED) is 0.894. The van der Waals surface area contributed by atoms with Gasteiger partial charge in [-0.05, 0) is 38.1 Å². The molecular formula is C14H18BrNO. The zero-order valence-electron chi connectivity index (χ0n) is 10.5. The first kappa shape index (κ1) is 12.7. The number of fused-ring (bicyclic) bond motifs is 1. The number of benzene rings is 1. The molecule has 1 unspecified atom stereocenters. The lowest BCUT2D eigenvalue weighted by Crippen LogP contribution is -2.15. The van der Waals surface area contributed by atoms with Gasteiger partial charge in [0, 0.05) is 9.86 Å². The summed E-state index contributed by atoms with van der Waals surface area (Å²) in [6.07, 6.45) is 2.23. The molecule has 3 heteroatoms. The number of hydrogen-bond acceptors (Lipinski definition) is 2. The molecule has 0 saturated heterocycles. The number of halogens is 1. The minimum Gasteiger partial charge on any atom is -0.459 e. The highest BCUT2D eigenvalue weighted by molar-refractivity contribution is 9.10. The van der Waals surface area contributed by atoms with E-state index in [9.17, 15) is 0 Å². The van der Waals surface area contributed by atoms with E-state index < -0.39 is 0 Å². The van der Waals surface area contributed by atoms with Gasteiger partial charge >= 0.3 is 0 Å². The molecule has 1 atom stereocenters. The second kappa shape index (κ2) is 5.23. The normalized spacial score (nSPS) is 13.2. The van der Waals surface area contributed by atoms with E-state index in [2.05, 4.69) is 53.3 Å². The zero-order chi connectivity index (χ0) is 12.4. The van der Waals surface area contributed by atoms with Crippen LogP contribution in [0.2, 0.25) is 0 Å². The first-order valence-electron chi connectivity index (χ1n) is 6.03. The molecule has 92 valence electrons. The third-order valence-electron chi connectivity index (χ3n) is 3.12. The summed E-state index contributed by atoms with van der Waals surface area (Å²) in [5, 5.41) is 4.47. The molecule has 2 aromatic rings. The summed E-state index contributed by atoms with van der Waals surface area (Å²) >= 11 is 3.57. The lowest BCUT2D eigenvalue weighted by molar-refractivity contribution is 0.429. The van der Waals surface area contributed by atoms with Crippen LogP contribution < -0.4 is 5.32 Å². The van der Waals surface area contributed by atoms with E-state index >= 15 is 0 Å². The summed E-state index contributed by atoms with van der Waals surface area (Å²) in [5.41, 5.74) is 2.17. The molecule has 0 amide bonds. The van der Waals surface area contributed by atoms with Crippen LogP contribution in [0.5, 0.6) is 0 Å². The highest BCUT2D eigenvalue weighted by Gasteiger charge is 2.15. The molecule has 1 aromatic carbocycles. The Labute approximate surface area is 111 Å². The van der Waals surface area contributed by atoms with Gasteiger partial charge in [0.2, 0.25) is 0 Å². The molecule has 1 aromatic heterocycles. The van der Waals surface area contributed by atoms with Crippen LogP contribution in [-0.2, 0) is 0 Å². The largest absolute Gasteiger partial charge is 0.459 e. The highest BCUT2D eigenvalue weighted by atomic mass is 79.9. The van der Waals surface area contributed by atoms with Crippen molar-refractivity contribution < 1.29 is 4.42 Å². The third kappa shape index (κ3) is 2.40. The Hall–Kier alpha value is -0.800. The Morgan fingerprint density at radius 2 is 2.18 bits per heavy atom. The number of furan rings is 1. The number of hydrogen-bond donors (Lipinski definition) is 1.